The smallest absolute Gasteiger partial charge is 0.255 e. The van der Waals surface area contributed by atoms with Crippen molar-refractivity contribution in [2.24, 2.45) is 0 Å². The van der Waals surface area contributed by atoms with Crippen LogP contribution in [-0.2, 0) is 29.3 Å². The van der Waals surface area contributed by atoms with Crippen molar-refractivity contribution < 1.29 is 24.2 Å². The first kappa shape index (κ1) is 23.6. The molecule has 0 bridgehead atoms. The zero-order valence-electron chi connectivity index (χ0n) is 20.4. The van der Waals surface area contributed by atoms with E-state index < -0.39 is 11.9 Å². The lowest BCUT2D eigenvalue weighted by molar-refractivity contribution is -0.136. The van der Waals surface area contributed by atoms with Crippen LogP contribution in [0.1, 0.15) is 46.4 Å². The lowest BCUT2D eigenvalue weighted by Crippen LogP contribution is -2.52. The number of pyridine rings is 1. The molecule has 2 N–H and O–H groups in total. The number of nitrogens with one attached hydrogen (secondary N) is 1. The highest BCUT2D eigenvalue weighted by Crippen LogP contribution is 2.31. The van der Waals surface area contributed by atoms with Crippen LogP contribution in [0.15, 0.2) is 48.5 Å². The Kier molecular flexibility index (Phi) is 6.10. The van der Waals surface area contributed by atoms with Crippen LogP contribution in [0.4, 0.5) is 0 Å². The number of benzene rings is 2. The quantitative estimate of drug-likeness (QED) is 0.499. The van der Waals surface area contributed by atoms with Gasteiger partial charge in [0.15, 0.2) is 0 Å². The highest BCUT2D eigenvalue weighted by molar-refractivity contribution is 6.05. The van der Waals surface area contributed by atoms with Crippen molar-refractivity contribution in [3.05, 3.63) is 70.9 Å². The number of carbonyl (C=O) groups is 3. The summed E-state index contributed by atoms with van der Waals surface area (Å²) in [4.78, 5) is 45.0. The van der Waals surface area contributed by atoms with Gasteiger partial charge in [-0.15, -0.1) is 0 Å². The number of ether oxygens (including phenoxy) is 1. The molecular weight excluding hydrogens is 472 g/mol. The Balaban J connectivity index is 1.07. The summed E-state index contributed by atoms with van der Waals surface area (Å²) in [6, 6.07) is 14.9. The van der Waals surface area contributed by atoms with E-state index in [4.69, 9.17) is 4.74 Å². The van der Waals surface area contributed by atoms with Crippen LogP contribution in [0, 0.1) is 0 Å². The third kappa shape index (κ3) is 4.68. The normalized spacial score (nSPS) is 22.0. The fourth-order valence-corrected chi connectivity index (χ4v) is 5.52. The third-order valence-corrected chi connectivity index (χ3v) is 7.41. The van der Waals surface area contributed by atoms with E-state index in [9.17, 15) is 19.5 Å². The number of piperidine rings is 1. The predicted octanol–water partition coefficient (Wildman–Crippen LogP) is 2.14. The molecule has 3 aliphatic heterocycles. The lowest BCUT2D eigenvalue weighted by Gasteiger charge is -2.29. The van der Waals surface area contributed by atoms with Crippen molar-refractivity contribution in [1.29, 1.82) is 0 Å². The molecule has 3 amide bonds. The SMILES string of the molecule is O=C1CCC(N2Cc3cc(O[C@H]4CCN(Cc5ccc6nc(CO)ccc6c5)C4)ccc3C2=O)C(=O)N1. The second kappa shape index (κ2) is 9.57. The molecular formula is C28H28N4O5. The van der Waals surface area contributed by atoms with Crippen LogP contribution in [-0.4, -0.2) is 62.8 Å². The number of rotatable bonds is 6. The topological polar surface area (TPSA) is 112 Å². The average Bonchev–Trinajstić information content (AvgIpc) is 3.47. The summed E-state index contributed by atoms with van der Waals surface area (Å²) in [5.41, 5.74) is 4.18. The average molecular weight is 501 g/mol. The summed E-state index contributed by atoms with van der Waals surface area (Å²) < 4.78 is 6.29. The van der Waals surface area contributed by atoms with Gasteiger partial charge >= 0.3 is 0 Å². The first-order valence-electron chi connectivity index (χ1n) is 12.6. The molecule has 0 radical (unpaired) electrons. The number of amides is 3. The van der Waals surface area contributed by atoms with Crippen molar-refractivity contribution in [1.82, 2.24) is 20.1 Å². The monoisotopic (exact) mass is 500 g/mol. The maximum Gasteiger partial charge on any atom is 0.255 e. The molecule has 2 fully saturated rings. The Morgan fingerprint density at radius 3 is 2.78 bits per heavy atom. The fourth-order valence-electron chi connectivity index (χ4n) is 5.52. The molecule has 2 atom stereocenters. The maximum atomic E-state index is 12.9. The molecule has 2 saturated heterocycles. The second-order valence-electron chi connectivity index (χ2n) is 9.97. The predicted molar refractivity (Wildman–Crippen MR) is 134 cm³/mol. The van der Waals surface area contributed by atoms with Gasteiger partial charge in [0.05, 0.1) is 17.8 Å². The minimum absolute atomic E-state index is 0.0515. The number of aliphatic hydroxyl groups excluding tert-OH is 1. The van der Waals surface area contributed by atoms with Crippen molar-refractivity contribution in [2.75, 3.05) is 13.1 Å². The molecule has 3 aliphatic rings. The van der Waals surface area contributed by atoms with E-state index in [-0.39, 0.29) is 30.9 Å². The van der Waals surface area contributed by atoms with E-state index in [2.05, 4.69) is 27.3 Å². The minimum atomic E-state index is -0.618. The van der Waals surface area contributed by atoms with Gasteiger partial charge in [-0.2, -0.15) is 0 Å². The number of fused-ring (bicyclic) bond motifs is 2. The molecule has 0 aliphatic carbocycles. The Morgan fingerprint density at radius 2 is 1.95 bits per heavy atom. The van der Waals surface area contributed by atoms with Gasteiger partial charge in [-0.05, 0) is 60.4 Å². The number of aliphatic hydroxyl groups is 1. The highest BCUT2D eigenvalue weighted by atomic mass is 16.5. The van der Waals surface area contributed by atoms with E-state index in [1.807, 2.05) is 30.3 Å². The second-order valence-corrected chi connectivity index (χ2v) is 9.97. The van der Waals surface area contributed by atoms with Crippen LogP contribution in [0.25, 0.3) is 10.9 Å². The van der Waals surface area contributed by atoms with E-state index in [0.717, 1.165) is 48.3 Å². The first-order valence-corrected chi connectivity index (χ1v) is 12.6. The molecule has 4 heterocycles. The van der Waals surface area contributed by atoms with Crippen molar-refractivity contribution >= 4 is 28.6 Å². The lowest BCUT2D eigenvalue weighted by atomic mass is 10.0. The van der Waals surface area contributed by atoms with Crippen LogP contribution < -0.4 is 10.1 Å². The first-order chi connectivity index (χ1) is 18.0. The molecule has 3 aromatic rings. The molecule has 0 spiro atoms. The standard InChI is InChI=1S/C28H28N4O5/c33-16-20-3-2-18-11-17(1-6-24(18)29-20)13-31-10-9-22(15-31)37-21-4-5-23-19(12-21)14-32(28(23)36)25-7-8-26(34)30-27(25)35/h1-6,11-12,22,25,33H,7-10,13-16H2,(H,30,34,35)/t22-,25?/m0/s1. The molecule has 9 nitrogen and oxygen atoms in total. The molecule has 37 heavy (non-hydrogen) atoms. The summed E-state index contributed by atoms with van der Waals surface area (Å²) in [5.74, 6) is -0.153. The minimum Gasteiger partial charge on any atom is -0.489 e. The Morgan fingerprint density at radius 1 is 1.05 bits per heavy atom. The largest absolute Gasteiger partial charge is 0.489 e. The summed E-state index contributed by atoms with van der Waals surface area (Å²) in [6.45, 7) is 2.82. The van der Waals surface area contributed by atoms with Gasteiger partial charge in [-0.25, -0.2) is 0 Å². The Hall–Kier alpha value is -3.82. The van der Waals surface area contributed by atoms with Gasteiger partial charge in [0.2, 0.25) is 11.8 Å². The van der Waals surface area contributed by atoms with Gasteiger partial charge < -0.3 is 14.7 Å². The third-order valence-electron chi connectivity index (χ3n) is 7.41. The molecule has 1 unspecified atom stereocenters. The number of nitrogens with zero attached hydrogens (tertiary/aromatic N) is 3. The fraction of sp³-hybridized carbons (Fsp3) is 0.357. The number of aromatic nitrogens is 1. The van der Waals surface area contributed by atoms with Gasteiger partial charge in [-0.1, -0.05) is 12.1 Å². The van der Waals surface area contributed by atoms with Gasteiger partial charge in [0, 0.05) is 43.5 Å². The van der Waals surface area contributed by atoms with Crippen LogP contribution >= 0.6 is 0 Å². The Labute approximate surface area is 214 Å². The molecule has 1 aromatic heterocycles. The van der Waals surface area contributed by atoms with Crippen molar-refractivity contribution in [2.45, 2.75) is 51.1 Å². The number of likely N-dealkylation sites (tertiary alicyclic amines) is 1. The zero-order chi connectivity index (χ0) is 25.5. The number of hydrogen-bond donors (Lipinski definition) is 2. The molecule has 2 aromatic carbocycles. The van der Waals surface area contributed by atoms with E-state index in [1.165, 1.54) is 5.56 Å². The summed E-state index contributed by atoms with van der Waals surface area (Å²) in [7, 11) is 0. The zero-order valence-corrected chi connectivity index (χ0v) is 20.4. The van der Waals surface area contributed by atoms with Crippen LogP contribution in [0.3, 0.4) is 0 Å². The van der Waals surface area contributed by atoms with Crippen LogP contribution in [0.2, 0.25) is 0 Å². The summed E-state index contributed by atoms with van der Waals surface area (Å²) in [6.07, 6.45) is 1.55. The molecule has 0 saturated carbocycles. The molecule has 9 heteroatoms. The van der Waals surface area contributed by atoms with Gasteiger partial charge in [0.1, 0.15) is 17.9 Å². The van der Waals surface area contributed by atoms with Crippen molar-refractivity contribution in [3.8, 4) is 5.75 Å². The maximum absolute atomic E-state index is 12.9. The number of hydrogen-bond acceptors (Lipinski definition) is 7. The van der Waals surface area contributed by atoms with Gasteiger partial charge in [0.25, 0.3) is 5.91 Å². The molecule has 6 rings (SSSR count). The van der Waals surface area contributed by atoms with Gasteiger partial charge in [-0.3, -0.25) is 29.6 Å². The van der Waals surface area contributed by atoms with E-state index in [1.54, 1.807) is 11.0 Å². The van der Waals surface area contributed by atoms with E-state index in [0.29, 0.717) is 24.2 Å². The summed E-state index contributed by atoms with van der Waals surface area (Å²) in [5, 5.41) is 12.7. The summed E-state index contributed by atoms with van der Waals surface area (Å²) >= 11 is 0. The Bertz CT molecular complexity index is 1410. The van der Waals surface area contributed by atoms with Crippen LogP contribution in [0.5, 0.6) is 5.75 Å². The van der Waals surface area contributed by atoms with E-state index >= 15 is 0 Å². The number of imide groups is 1. The molecule has 190 valence electrons. The highest BCUT2D eigenvalue weighted by Gasteiger charge is 2.39. The van der Waals surface area contributed by atoms with Crippen molar-refractivity contribution in [3.63, 3.8) is 0 Å². The number of carbonyl (C=O) groups excluding carboxylic acids is 3.